The molecule has 0 radical (unpaired) electrons. The van der Waals surface area contributed by atoms with E-state index in [9.17, 15) is 0 Å². The molecule has 0 atom stereocenters. The van der Waals surface area contributed by atoms with Crippen LogP contribution in [0.3, 0.4) is 0 Å². The van der Waals surface area contributed by atoms with E-state index in [0.29, 0.717) is 6.61 Å². The first-order valence-corrected chi connectivity index (χ1v) is 6.27. The number of fused-ring (bicyclic) bond motifs is 1. The van der Waals surface area contributed by atoms with Gasteiger partial charge < -0.3 is 14.8 Å². The average Bonchev–Trinajstić information content (AvgIpc) is 2.72. The third-order valence-corrected chi connectivity index (χ3v) is 3.04. The largest absolute Gasteiger partial charge is 0.493 e. The minimum atomic E-state index is 0.615. The van der Waals surface area contributed by atoms with Gasteiger partial charge in [0.2, 0.25) is 0 Å². The third kappa shape index (κ3) is 2.75. The molecule has 1 aliphatic rings. The number of nitrogens with one attached hydrogen (secondary N) is 1. The molecule has 0 bridgehead atoms. The highest BCUT2D eigenvalue weighted by atomic mass is 79.9. The monoisotopic (exact) mass is 285 g/mol. The highest BCUT2D eigenvalue weighted by Crippen LogP contribution is 2.33. The standard InChI is InChI=1S/C12H16BrNO2/c1-14-3-5-15-8-10-7-11(13)6-9-2-4-16-12(9)10/h6-7,14H,2-5,8H2,1H3. The molecule has 0 saturated heterocycles. The van der Waals surface area contributed by atoms with E-state index in [4.69, 9.17) is 9.47 Å². The minimum absolute atomic E-state index is 0.615. The molecule has 0 fully saturated rings. The molecular formula is C12H16BrNO2. The zero-order valence-corrected chi connectivity index (χ0v) is 11.0. The lowest BCUT2D eigenvalue weighted by atomic mass is 10.1. The summed E-state index contributed by atoms with van der Waals surface area (Å²) in [6.45, 7) is 2.99. The van der Waals surface area contributed by atoms with E-state index in [0.717, 1.165) is 42.0 Å². The van der Waals surface area contributed by atoms with Crippen molar-refractivity contribution < 1.29 is 9.47 Å². The minimum Gasteiger partial charge on any atom is -0.493 e. The molecule has 16 heavy (non-hydrogen) atoms. The van der Waals surface area contributed by atoms with Crippen LogP contribution in [0.25, 0.3) is 0 Å². The number of likely N-dealkylation sites (N-methyl/N-ethyl adjacent to an activating group) is 1. The fraction of sp³-hybridized carbons (Fsp3) is 0.500. The molecule has 1 heterocycles. The Kier molecular flexibility index (Phi) is 4.21. The smallest absolute Gasteiger partial charge is 0.128 e. The van der Waals surface area contributed by atoms with Gasteiger partial charge in [-0.25, -0.2) is 0 Å². The molecular weight excluding hydrogens is 270 g/mol. The van der Waals surface area contributed by atoms with Crippen molar-refractivity contribution in [1.82, 2.24) is 5.32 Å². The molecule has 1 aromatic carbocycles. The van der Waals surface area contributed by atoms with Gasteiger partial charge in [0, 0.05) is 23.0 Å². The van der Waals surface area contributed by atoms with Crippen LogP contribution in [0.2, 0.25) is 0 Å². The summed E-state index contributed by atoms with van der Waals surface area (Å²) in [5, 5.41) is 3.05. The van der Waals surface area contributed by atoms with Crippen LogP contribution in [0.4, 0.5) is 0 Å². The zero-order valence-electron chi connectivity index (χ0n) is 9.38. The second kappa shape index (κ2) is 5.66. The Hall–Kier alpha value is -0.580. The van der Waals surface area contributed by atoms with E-state index < -0.39 is 0 Å². The first-order valence-electron chi connectivity index (χ1n) is 5.47. The van der Waals surface area contributed by atoms with Gasteiger partial charge in [0.15, 0.2) is 0 Å². The van der Waals surface area contributed by atoms with Gasteiger partial charge >= 0.3 is 0 Å². The molecule has 1 aliphatic heterocycles. The van der Waals surface area contributed by atoms with Crippen LogP contribution in [0, 0.1) is 0 Å². The molecule has 0 amide bonds. The Morgan fingerprint density at radius 2 is 2.38 bits per heavy atom. The number of hydrogen-bond acceptors (Lipinski definition) is 3. The number of benzene rings is 1. The number of halogens is 1. The first-order chi connectivity index (χ1) is 7.81. The van der Waals surface area contributed by atoms with Gasteiger partial charge in [0.25, 0.3) is 0 Å². The maximum atomic E-state index is 5.63. The van der Waals surface area contributed by atoms with Crippen LogP contribution in [0.5, 0.6) is 5.75 Å². The van der Waals surface area contributed by atoms with Crippen LogP contribution in [0.1, 0.15) is 11.1 Å². The van der Waals surface area contributed by atoms with Crippen molar-refractivity contribution in [2.75, 3.05) is 26.8 Å². The average molecular weight is 286 g/mol. The summed E-state index contributed by atoms with van der Waals surface area (Å²) in [4.78, 5) is 0. The summed E-state index contributed by atoms with van der Waals surface area (Å²) in [5.74, 6) is 1.02. The van der Waals surface area contributed by atoms with Gasteiger partial charge in [-0.1, -0.05) is 15.9 Å². The van der Waals surface area contributed by atoms with Gasteiger partial charge in [-0.05, 0) is 24.7 Å². The highest BCUT2D eigenvalue weighted by molar-refractivity contribution is 9.10. The van der Waals surface area contributed by atoms with E-state index in [1.165, 1.54) is 5.56 Å². The normalized spacial score (nSPS) is 13.6. The Balaban J connectivity index is 2.03. The molecule has 0 aliphatic carbocycles. The molecule has 1 N–H and O–H groups in total. The predicted molar refractivity (Wildman–Crippen MR) is 66.9 cm³/mol. The number of hydrogen-bond donors (Lipinski definition) is 1. The summed E-state index contributed by atoms with van der Waals surface area (Å²) in [6, 6.07) is 4.20. The molecule has 2 rings (SSSR count). The fourth-order valence-corrected chi connectivity index (χ4v) is 2.36. The lowest BCUT2D eigenvalue weighted by Crippen LogP contribution is -2.14. The molecule has 0 aromatic heterocycles. The summed E-state index contributed by atoms with van der Waals surface area (Å²) >= 11 is 3.51. The quantitative estimate of drug-likeness (QED) is 0.841. The zero-order chi connectivity index (χ0) is 11.4. The van der Waals surface area contributed by atoms with Crippen molar-refractivity contribution >= 4 is 15.9 Å². The molecule has 0 saturated carbocycles. The van der Waals surface area contributed by atoms with Gasteiger partial charge in [-0.3, -0.25) is 0 Å². The summed E-state index contributed by atoms with van der Waals surface area (Å²) in [6.07, 6.45) is 0.998. The SMILES string of the molecule is CNCCOCc1cc(Br)cc2c1OCC2. The first kappa shape index (κ1) is 11.9. The predicted octanol–water partition coefficient (Wildman–Crippen LogP) is 2.12. The molecule has 0 unspecified atom stereocenters. The van der Waals surface area contributed by atoms with Gasteiger partial charge in [-0.2, -0.15) is 0 Å². The number of rotatable bonds is 5. The van der Waals surface area contributed by atoms with Crippen molar-refractivity contribution in [3.05, 3.63) is 27.7 Å². The van der Waals surface area contributed by atoms with Crippen molar-refractivity contribution in [2.45, 2.75) is 13.0 Å². The summed E-state index contributed by atoms with van der Waals surface area (Å²) in [5.41, 5.74) is 2.42. The van der Waals surface area contributed by atoms with Gasteiger partial charge in [0.1, 0.15) is 5.75 Å². The fourth-order valence-electron chi connectivity index (χ4n) is 1.81. The van der Waals surface area contributed by atoms with Gasteiger partial charge in [0.05, 0.1) is 19.8 Å². The van der Waals surface area contributed by atoms with E-state index in [2.05, 4.69) is 33.4 Å². The second-order valence-corrected chi connectivity index (χ2v) is 4.72. The Morgan fingerprint density at radius 1 is 1.50 bits per heavy atom. The lowest BCUT2D eigenvalue weighted by molar-refractivity contribution is 0.122. The number of ether oxygens (including phenoxy) is 2. The van der Waals surface area contributed by atoms with E-state index in [1.54, 1.807) is 0 Å². The van der Waals surface area contributed by atoms with E-state index >= 15 is 0 Å². The summed E-state index contributed by atoms with van der Waals surface area (Å²) < 4.78 is 12.3. The van der Waals surface area contributed by atoms with Crippen LogP contribution >= 0.6 is 15.9 Å². The molecule has 4 heteroatoms. The van der Waals surface area contributed by atoms with E-state index in [-0.39, 0.29) is 0 Å². The molecule has 88 valence electrons. The highest BCUT2D eigenvalue weighted by Gasteiger charge is 2.17. The maximum Gasteiger partial charge on any atom is 0.128 e. The Bertz CT molecular complexity index is 368. The van der Waals surface area contributed by atoms with Crippen molar-refractivity contribution in [1.29, 1.82) is 0 Å². The third-order valence-electron chi connectivity index (χ3n) is 2.58. The van der Waals surface area contributed by atoms with Crippen LogP contribution < -0.4 is 10.1 Å². The molecule has 0 spiro atoms. The van der Waals surface area contributed by atoms with Crippen LogP contribution in [-0.2, 0) is 17.8 Å². The lowest BCUT2D eigenvalue weighted by Gasteiger charge is -2.09. The van der Waals surface area contributed by atoms with Crippen molar-refractivity contribution in [3.8, 4) is 5.75 Å². The molecule has 1 aromatic rings. The van der Waals surface area contributed by atoms with Crippen molar-refractivity contribution in [3.63, 3.8) is 0 Å². The van der Waals surface area contributed by atoms with E-state index in [1.807, 2.05) is 7.05 Å². The van der Waals surface area contributed by atoms with Crippen molar-refractivity contribution in [2.24, 2.45) is 0 Å². The van der Waals surface area contributed by atoms with Crippen LogP contribution in [-0.4, -0.2) is 26.8 Å². The van der Waals surface area contributed by atoms with Crippen LogP contribution in [0.15, 0.2) is 16.6 Å². The Morgan fingerprint density at radius 3 is 3.19 bits per heavy atom. The molecule has 3 nitrogen and oxygen atoms in total. The maximum absolute atomic E-state index is 5.63. The topological polar surface area (TPSA) is 30.5 Å². The van der Waals surface area contributed by atoms with Gasteiger partial charge in [-0.15, -0.1) is 0 Å². The second-order valence-electron chi connectivity index (χ2n) is 3.81. The Labute approximate surface area is 104 Å². The summed E-state index contributed by atoms with van der Waals surface area (Å²) in [7, 11) is 1.92.